The van der Waals surface area contributed by atoms with Crippen LogP contribution in [0.2, 0.25) is 0 Å². The van der Waals surface area contributed by atoms with Crippen LogP contribution in [-0.4, -0.2) is 17.5 Å². The fourth-order valence-corrected chi connectivity index (χ4v) is 2.65. The molecule has 1 aromatic heterocycles. The van der Waals surface area contributed by atoms with Crippen molar-refractivity contribution in [2.75, 3.05) is 6.54 Å². The molecule has 1 aromatic carbocycles. The summed E-state index contributed by atoms with van der Waals surface area (Å²) < 4.78 is 0. The summed E-state index contributed by atoms with van der Waals surface area (Å²) >= 11 is 0. The van der Waals surface area contributed by atoms with Gasteiger partial charge in [0.2, 0.25) is 0 Å². The number of aromatic nitrogens is 1. The molecule has 132 valence electrons. The van der Waals surface area contributed by atoms with Crippen LogP contribution in [0.25, 0.3) is 10.8 Å². The van der Waals surface area contributed by atoms with Crippen LogP contribution >= 0.6 is 24.0 Å². The zero-order chi connectivity index (χ0) is 16.3. The Morgan fingerprint density at radius 1 is 1.08 bits per heavy atom. The van der Waals surface area contributed by atoms with Crippen molar-refractivity contribution in [1.82, 2.24) is 10.3 Å². The van der Waals surface area contributed by atoms with Gasteiger partial charge in [0, 0.05) is 18.1 Å². The standard InChI is InChI=1S/C19H28N4.HI/c1-2-3-4-5-6-9-13-22-19(20)23-15-18-17-11-8-7-10-16(17)12-14-21-18;/h7-8,10-12,14H,2-6,9,13,15H2,1H3,(H3,20,22,23);1H. The molecule has 0 aliphatic carbocycles. The van der Waals surface area contributed by atoms with E-state index in [-0.39, 0.29) is 24.0 Å². The average Bonchev–Trinajstić information content (AvgIpc) is 2.59. The molecule has 0 fully saturated rings. The Morgan fingerprint density at radius 2 is 1.83 bits per heavy atom. The van der Waals surface area contributed by atoms with Crippen LogP contribution in [0.1, 0.15) is 51.1 Å². The number of nitrogens with one attached hydrogen (secondary N) is 1. The third-order valence-corrected chi connectivity index (χ3v) is 3.99. The van der Waals surface area contributed by atoms with Crippen molar-refractivity contribution in [2.24, 2.45) is 10.7 Å². The molecule has 0 spiro atoms. The molecule has 0 aliphatic rings. The lowest BCUT2D eigenvalue weighted by Gasteiger charge is -2.06. The highest BCUT2D eigenvalue weighted by molar-refractivity contribution is 14.0. The van der Waals surface area contributed by atoms with E-state index < -0.39 is 0 Å². The summed E-state index contributed by atoms with van der Waals surface area (Å²) in [7, 11) is 0. The number of pyridine rings is 1. The third kappa shape index (κ3) is 7.03. The van der Waals surface area contributed by atoms with Gasteiger partial charge < -0.3 is 11.1 Å². The van der Waals surface area contributed by atoms with E-state index in [1.807, 2.05) is 24.4 Å². The lowest BCUT2D eigenvalue weighted by molar-refractivity contribution is 0.601. The van der Waals surface area contributed by atoms with Crippen molar-refractivity contribution in [3.63, 3.8) is 0 Å². The summed E-state index contributed by atoms with van der Waals surface area (Å²) in [4.78, 5) is 8.84. The maximum absolute atomic E-state index is 5.94. The highest BCUT2D eigenvalue weighted by atomic mass is 127. The van der Waals surface area contributed by atoms with Crippen molar-refractivity contribution in [3.05, 3.63) is 42.2 Å². The van der Waals surface area contributed by atoms with Gasteiger partial charge in [-0.1, -0.05) is 63.3 Å². The quantitative estimate of drug-likeness (QED) is 0.259. The van der Waals surface area contributed by atoms with Gasteiger partial charge in [-0.25, -0.2) is 4.99 Å². The molecule has 0 unspecified atom stereocenters. The van der Waals surface area contributed by atoms with Crippen LogP contribution in [0, 0.1) is 0 Å². The van der Waals surface area contributed by atoms with E-state index in [1.165, 1.54) is 37.5 Å². The van der Waals surface area contributed by atoms with Gasteiger partial charge in [-0.05, 0) is 17.9 Å². The summed E-state index contributed by atoms with van der Waals surface area (Å²) in [5.41, 5.74) is 6.90. The Bertz CT molecular complexity index is 622. The first-order valence-corrected chi connectivity index (χ1v) is 8.67. The van der Waals surface area contributed by atoms with Crippen LogP contribution < -0.4 is 11.1 Å². The number of fused-ring (bicyclic) bond motifs is 1. The molecule has 0 amide bonds. The van der Waals surface area contributed by atoms with Gasteiger partial charge >= 0.3 is 0 Å². The average molecular weight is 440 g/mol. The molecule has 2 rings (SSSR count). The van der Waals surface area contributed by atoms with Crippen molar-refractivity contribution in [2.45, 2.75) is 52.0 Å². The molecule has 2 aromatic rings. The number of aliphatic imine (C=N–C) groups is 1. The second-order valence-electron chi connectivity index (χ2n) is 5.87. The number of hydrogen-bond acceptors (Lipinski definition) is 2. The molecule has 3 N–H and O–H groups in total. The molecule has 0 aliphatic heterocycles. The lowest BCUT2D eigenvalue weighted by Crippen LogP contribution is -2.32. The molecular formula is C19H29IN4. The Hall–Kier alpha value is -1.37. The molecule has 0 bridgehead atoms. The van der Waals surface area contributed by atoms with E-state index in [1.54, 1.807) is 0 Å². The number of nitrogens with two attached hydrogens (primary N) is 1. The Labute approximate surface area is 162 Å². The first-order valence-electron chi connectivity index (χ1n) is 8.67. The van der Waals surface area contributed by atoms with E-state index in [0.29, 0.717) is 12.5 Å². The van der Waals surface area contributed by atoms with Crippen LogP contribution in [0.15, 0.2) is 41.5 Å². The SMILES string of the molecule is CCCCCCCCNC(N)=NCc1nccc2ccccc12.I. The van der Waals surface area contributed by atoms with Crippen LogP contribution in [0.5, 0.6) is 0 Å². The second-order valence-corrected chi connectivity index (χ2v) is 5.87. The third-order valence-electron chi connectivity index (χ3n) is 3.99. The number of guanidine groups is 1. The summed E-state index contributed by atoms with van der Waals surface area (Å²) in [5.74, 6) is 0.508. The summed E-state index contributed by atoms with van der Waals surface area (Å²) in [6, 6.07) is 10.2. The van der Waals surface area contributed by atoms with Crippen LogP contribution in [-0.2, 0) is 6.54 Å². The molecule has 0 saturated heterocycles. The predicted octanol–water partition coefficient (Wildman–Crippen LogP) is 4.62. The summed E-state index contributed by atoms with van der Waals surface area (Å²) in [5, 5.41) is 5.52. The van der Waals surface area contributed by atoms with Gasteiger partial charge in [-0.15, -0.1) is 24.0 Å². The van der Waals surface area contributed by atoms with Crippen LogP contribution in [0.3, 0.4) is 0 Å². The maximum Gasteiger partial charge on any atom is 0.188 e. The minimum atomic E-state index is 0. The van der Waals surface area contributed by atoms with Gasteiger partial charge in [0.25, 0.3) is 0 Å². The zero-order valence-corrected chi connectivity index (χ0v) is 16.8. The normalized spacial score (nSPS) is 11.3. The molecule has 0 radical (unpaired) electrons. The van der Waals surface area contributed by atoms with Crippen LogP contribution in [0.4, 0.5) is 0 Å². The Kier molecular flexibility index (Phi) is 10.4. The largest absolute Gasteiger partial charge is 0.370 e. The zero-order valence-electron chi connectivity index (χ0n) is 14.5. The number of rotatable bonds is 9. The topological polar surface area (TPSA) is 63.3 Å². The summed E-state index contributed by atoms with van der Waals surface area (Å²) in [6.45, 7) is 3.64. The Morgan fingerprint density at radius 3 is 2.67 bits per heavy atom. The van der Waals surface area contributed by atoms with Gasteiger partial charge in [0.1, 0.15) is 0 Å². The summed E-state index contributed by atoms with van der Waals surface area (Å²) in [6.07, 6.45) is 9.51. The predicted molar refractivity (Wildman–Crippen MR) is 114 cm³/mol. The highest BCUT2D eigenvalue weighted by Gasteiger charge is 2.01. The monoisotopic (exact) mass is 440 g/mol. The van der Waals surface area contributed by atoms with Gasteiger partial charge in [-0.3, -0.25) is 4.98 Å². The van der Waals surface area contributed by atoms with Gasteiger partial charge in [-0.2, -0.15) is 0 Å². The number of nitrogens with zero attached hydrogens (tertiary/aromatic N) is 2. The fourth-order valence-electron chi connectivity index (χ4n) is 2.65. The van der Waals surface area contributed by atoms with Crippen molar-refractivity contribution in [3.8, 4) is 0 Å². The number of halogens is 1. The lowest BCUT2D eigenvalue weighted by atomic mass is 10.1. The number of benzene rings is 1. The van der Waals surface area contributed by atoms with E-state index in [9.17, 15) is 0 Å². The minimum Gasteiger partial charge on any atom is -0.370 e. The first-order chi connectivity index (χ1) is 11.3. The van der Waals surface area contributed by atoms with Gasteiger partial charge in [0.05, 0.1) is 12.2 Å². The molecular weight excluding hydrogens is 411 g/mol. The maximum atomic E-state index is 5.94. The molecule has 4 nitrogen and oxygen atoms in total. The first kappa shape index (κ1) is 20.7. The second kappa shape index (κ2) is 12.1. The Balaban J connectivity index is 0.00000288. The number of unbranched alkanes of at least 4 members (excludes halogenated alkanes) is 5. The van der Waals surface area contributed by atoms with Crippen molar-refractivity contribution < 1.29 is 0 Å². The van der Waals surface area contributed by atoms with E-state index in [0.717, 1.165) is 24.0 Å². The number of hydrogen-bond donors (Lipinski definition) is 2. The van der Waals surface area contributed by atoms with E-state index in [2.05, 4.69) is 34.3 Å². The van der Waals surface area contributed by atoms with Crippen molar-refractivity contribution in [1.29, 1.82) is 0 Å². The smallest absolute Gasteiger partial charge is 0.188 e. The molecule has 5 heteroatoms. The van der Waals surface area contributed by atoms with Crippen molar-refractivity contribution >= 4 is 40.7 Å². The molecule has 24 heavy (non-hydrogen) atoms. The van der Waals surface area contributed by atoms with E-state index in [4.69, 9.17) is 5.73 Å². The molecule has 1 heterocycles. The van der Waals surface area contributed by atoms with Gasteiger partial charge in [0.15, 0.2) is 5.96 Å². The molecule has 0 saturated carbocycles. The highest BCUT2D eigenvalue weighted by Crippen LogP contribution is 2.16. The minimum absolute atomic E-state index is 0. The fraction of sp³-hybridized carbons (Fsp3) is 0.474. The molecule has 0 atom stereocenters. The van der Waals surface area contributed by atoms with E-state index >= 15 is 0 Å².